The standard InChI is InChI=1S/C9H3Cl3O3.C4H4Cl2O3/c10-7(13)4-1-5(8(11)14)3-6(2-4)9(12)15;5-3(7)1-9-2-4(6)8/h1-3H;1-2H2. The molecule has 0 unspecified atom stereocenters. The van der Waals surface area contributed by atoms with Crippen LogP contribution in [0, 0.1) is 0 Å². The molecule has 0 spiro atoms. The van der Waals surface area contributed by atoms with Crippen molar-refractivity contribution in [3.63, 3.8) is 0 Å². The number of benzene rings is 1. The van der Waals surface area contributed by atoms with Crippen LogP contribution in [0.4, 0.5) is 0 Å². The van der Waals surface area contributed by atoms with Gasteiger partial charge in [0.2, 0.25) is 10.5 Å². The molecular weight excluding hydrogens is 429 g/mol. The SMILES string of the molecule is O=C(Cl)COCC(=O)Cl.O=C(Cl)c1cc(C(=O)Cl)cc(C(=O)Cl)c1. The highest BCUT2D eigenvalue weighted by Gasteiger charge is 2.12. The lowest BCUT2D eigenvalue weighted by atomic mass is 10.1. The van der Waals surface area contributed by atoms with Gasteiger partial charge in [-0.15, -0.1) is 0 Å². The summed E-state index contributed by atoms with van der Waals surface area (Å²) >= 11 is 25.3. The average Bonchev–Trinajstić information content (AvgIpc) is 2.46. The Morgan fingerprint density at radius 1 is 0.625 bits per heavy atom. The third kappa shape index (κ3) is 9.97. The van der Waals surface area contributed by atoms with Crippen molar-refractivity contribution < 1.29 is 28.7 Å². The summed E-state index contributed by atoms with van der Waals surface area (Å²) in [5, 5.41) is -3.68. The van der Waals surface area contributed by atoms with E-state index in [2.05, 4.69) is 4.74 Å². The second kappa shape index (κ2) is 11.5. The Morgan fingerprint density at radius 2 is 0.875 bits per heavy atom. The molecule has 0 aliphatic carbocycles. The van der Waals surface area contributed by atoms with E-state index < -0.39 is 26.2 Å². The van der Waals surface area contributed by atoms with Crippen LogP contribution in [0.1, 0.15) is 31.1 Å². The molecule has 1 aromatic carbocycles. The second-order valence-corrected chi connectivity index (χ2v) is 5.70. The maximum absolute atomic E-state index is 10.9. The number of carbonyl (C=O) groups excluding carboxylic acids is 5. The monoisotopic (exact) mass is 434 g/mol. The van der Waals surface area contributed by atoms with Gasteiger partial charge in [0.1, 0.15) is 13.2 Å². The summed E-state index contributed by atoms with van der Waals surface area (Å²) in [6.07, 6.45) is 0. The zero-order valence-electron chi connectivity index (χ0n) is 11.5. The first-order valence-corrected chi connectivity index (χ1v) is 7.62. The zero-order chi connectivity index (χ0) is 18.9. The van der Waals surface area contributed by atoms with Gasteiger partial charge in [0.15, 0.2) is 0 Å². The number of rotatable bonds is 7. The minimum atomic E-state index is -0.797. The van der Waals surface area contributed by atoms with Crippen LogP contribution in [-0.2, 0) is 14.3 Å². The molecule has 0 heterocycles. The lowest BCUT2D eigenvalue weighted by Gasteiger charge is -2.00. The van der Waals surface area contributed by atoms with E-state index in [1.54, 1.807) is 0 Å². The fourth-order valence-corrected chi connectivity index (χ4v) is 1.66. The number of hydrogen-bond acceptors (Lipinski definition) is 6. The molecule has 0 amide bonds. The average molecular weight is 436 g/mol. The number of halogens is 5. The second-order valence-electron chi connectivity index (χ2n) is 3.82. The molecule has 130 valence electrons. The van der Waals surface area contributed by atoms with Crippen LogP contribution in [0.2, 0.25) is 0 Å². The first kappa shape index (κ1) is 23.0. The third-order valence-electron chi connectivity index (χ3n) is 2.04. The Morgan fingerprint density at radius 3 is 1.04 bits per heavy atom. The molecule has 24 heavy (non-hydrogen) atoms. The van der Waals surface area contributed by atoms with Gasteiger partial charge in [-0.3, -0.25) is 24.0 Å². The molecule has 0 saturated carbocycles. The summed E-state index contributed by atoms with van der Waals surface area (Å²) < 4.78 is 4.39. The minimum Gasteiger partial charge on any atom is -0.363 e. The maximum Gasteiger partial charge on any atom is 0.252 e. The Bertz CT molecular complexity index is 580. The fraction of sp³-hybridized carbons (Fsp3) is 0.154. The van der Waals surface area contributed by atoms with Crippen LogP contribution in [0.15, 0.2) is 18.2 Å². The largest absolute Gasteiger partial charge is 0.363 e. The Labute approximate surface area is 160 Å². The van der Waals surface area contributed by atoms with Crippen LogP contribution < -0.4 is 0 Å². The van der Waals surface area contributed by atoms with Crippen molar-refractivity contribution in [3.8, 4) is 0 Å². The van der Waals surface area contributed by atoms with Crippen LogP contribution in [0.3, 0.4) is 0 Å². The summed E-state index contributed by atoms with van der Waals surface area (Å²) in [7, 11) is 0. The molecule has 11 heteroatoms. The fourth-order valence-electron chi connectivity index (χ4n) is 1.18. The number of carbonyl (C=O) groups is 5. The van der Waals surface area contributed by atoms with Gasteiger partial charge >= 0.3 is 0 Å². The quantitative estimate of drug-likeness (QED) is 0.609. The third-order valence-corrected chi connectivity index (χ3v) is 2.92. The lowest BCUT2D eigenvalue weighted by molar-refractivity contribution is -0.120. The van der Waals surface area contributed by atoms with Crippen molar-refractivity contribution in [3.05, 3.63) is 34.9 Å². The van der Waals surface area contributed by atoms with Gasteiger partial charge in [-0.25, -0.2) is 0 Å². The van der Waals surface area contributed by atoms with Gasteiger partial charge in [-0.2, -0.15) is 0 Å². The Kier molecular flexibility index (Phi) is 11.0. The highest BCUT2D eigenvalue weighted by Crippen LogP contribution is 2.16. The van der Waals surface area contributed by atoms with Crippen molar-refractivity contribution in [1.29, 1.82) is 0 Å². The zero-order valence-corrected chi connectivity index (χ0v) is 15.3. The van der Waals surface area contributed by atoms with Crippen molar-refractivity contribution in [2.24, 2.45) is 0 Å². The molecule has 0 saturated heterocycles. The molecule has 0 N–H and O–H groups in total. The molecule has 0 atom stereocenters. The van der Waals surface area contributed by atoms with Crippen LogP contribution in [0.25, 0.3) is 0 Å². The van der Waals surface area contributed by atoms with Gasteiger partial charge in [0, 0.05) is 16.7 Å². The summed E-state index contributed by atoms with van der Waals surface area (Å²) in [5.74, 6) is 0. The van der Waals surface area contributed by atoms with E-state index in [9.17, 15) is 24.0 Å². The molecule has 0 aromatic heterocycles. The molecule has 0 fully saturated rings. The van der Waals surface area contributed by atoms with E-state index in [-0.39, 0.29) is 29.9 Å². The smallest absolute Gasteiger partial charge is 0.252 e. The molecule has 1 rings (SSSR count). The highest BCUT2D eigenvalue weighted by atomic mass is 35.5. The highest BCUT2D eigenvalue weighted by molar-refractivity contribution is 6.70. The topological polar surface area (TPSA) is 94.6 Å². The van der Waals surface area contributed by atoms with Crippen LogP contribution >= 0.6 is 58.0 Å². The molecular formula is C13H7Cl5O6. The van der Waals surface area contributed by atoms with E-state index in [4.69, 9.17) is 58.0 Å². The molecule has 0 bridgehead atoms. The first-order chi connectivity index (χ1) is 11.0. The van der Waals surface area contributed by atoms with Gasteiger partial charge in [-0.1, -0.05) is 0 Å². The van der Waals surface area contributed by atoms with E-state index in [1.165, 1.54) is 18.2 Å². The molecule has 1 aromatic rings. The van der Waals surface area contributed by atoms with Gasteiger partial charge < -0.3 is 4.74 Å². The summed E-state index contributed by atoms with van der Waals surface area (Å²) in [5.41, 5.74) is -0.0218. The Balaban J connectivity index is 0.000000506. The van der Waals surface area contributed by atoms with E-state index in [0.717, 1.165) is 0 Å². The van der Waals surface area contributed by atoms with Crippen molar-refractivity contribution >= 4 is 84.2 Å². The van der Waals surface area contributed by atoms with Crippen molar-refractivity contribution in [1.82, 2.24) is 0 Å². The van der Waals surface area contributed by atoms with Gasteiger partial charge in [0.25, 0.3) is 15.7 Å². The van der Waals surface area contributed by atoms with Crippen LogP contribution in [-0.4, -0.2) is 39.4 Å². The Hall–Kier alpha value is -1.02. The maximum atomic E-state index is 10.9. The minimum absolute atomic E-state index is 0.00725. The van der Waals surface area contributed by atoms with Crippen LogP contribution in [0.5, 0.6) is 0 Å². The van der Waals surface area contributed by atoms with Crippen molar-refractivity contribution in [2.75, 3.05) is 13.2 Å². The summed E-state index contributed by atoms with van der Waals surface area (Å²) in [6.45, 7) is -0.556. The van der Waals surface area contributed by atoms with Gasteiger partial charge in [0.05, 0.1) is 0 Å². The number of hydrogen-bond donors (Lipinski definition) is 0. The first-order valence-electron chi connectivity index (χ1n) is 5.73. The van der Waals surface area contributed by atoms with E-state index in [0.29, 0.717) is 0 Å². The van der Waals surface area contributed by atoms with Crippen molar-refractivity contribution in [2.45, 2.75) is 0 Å². The molecule has 0 aliphatic rings. The lowest BCUT2D eigenvalue weighted by Crippen LogP contribution is -2.06. The van der Waals surface area contributed by atoms with Gasteiger partial charge in [-0.05, 0) is 76.2 Å². The summed E-state index contributed by atoms with van der Waals surface area (Å²) in [4.78, 5) is 52.4. The number of ether oxygens (including phenoxy) is 1. The molecule has 0 radical (unpaired) electrons. The predicted molar refractivity (Wildman–Crippen MR) is 89.5 cm³/mol. The summed E-state index contributed by atoms with van der Waals surface area (Å²) in [6, 6.07) is 3.57. The van der Waals surface area contributed by atoms with E-state index in [1.807, 2.05) is 0 Å². The predicted octanol–water partition coefficient (Wildman–Crippen LogP) is 3.36. The normalized spacial score (nSPS) is 9.54. The van der Waals surface area contributed by atoms with E-state index >= 15 is 0 Å². The molecule has 6 nitrogen and oxygen atoms in total. The molecule has 0 aliphatic heterocycles.